The van der Waals surface area contributed by atoms with Crippen molar-refractivity contribution in [2.75, 3.05) is 5.32 Å². The van der Waals surface area contributed by atoms with E-state index < -0.39 is 0 Å². The maximum absolute atomic E-state index is 12.4. The van der Waals surface area contributed by atoms with E-state index in [-0.39, 0.29) is 17.9 Å². The Morgan fingerprint density at radius 2 is 2.05 bits per heavy atom. The topological polar surface area (TPSA) is 55.1 Å². The summed E-state index contributed by atoms with van der Waals surface area (Å²) in [5.41, 5.74) is 8.11. The quantitative estimate of drug-likeness (QED) is 0.816. The average Bonchev–Trinajstić information content (AvgIpc) is 2.57. The lowest BCUT2D eigenvalue weighted by molar-refractivity contribution is -0.120. The Kier molecular flexibility index (Phi) is 4.99. The molecule has 1 aliphatic carbocycles. The lowest BCUT2D eigenvalue weighted by Crippen LogP contribution is -2.37. The Labute approximate surface area is 123 Å². The van der Waals surface area contributed by atoms with E-state index in [1.165, 1.54) is 6.42 Å². The van der Waals surface area contributed by atoms with Gasteiger partial charge in [-0.15, -0.1) is 0 Å². The van der Waals surface area contributed by atoms with Crippen LogP contribution in [-0.2, 0) is 4.79 Å². The van der Waals surface area contributed by atoms with E-state index in [0.29, 0.717) is 0 Å². The molecule has 104 valence electrons. The standard InChI is InChI=1S/C15H21BrN2O/c1-10-7-8-14(12(16)9-10)18-15(19)11-5-3-2-4-6-13(11)17/h7-9,11,13H,2-6,17H2,1H3,(H,18,19). The second-order valence-electron chi connectivity index (χ2n) is 5.38. The molecular formula is C15H21BrN2O. The molecule has 1 amide bonds. The van der Waals surface area contributed by atoms with Crippen molar-refractivity contribution in [2.24, 2.45) is 11.7 Å². The molecule has 0 aromatic heterocycles. The first kappa shape index (κ1) is 14.5. The van der Waals surface area contributed by atoms with Gasteiger partial charge in [0.1, 0.15) is 0 Å². The van der Waals surface area contributed by atoms with Gasteiger partial charge in [-0.2, -0.15) is 0 Å². The number of nitrogens with two attached hydrogens (primary N) is 1. The third-order valence-electron chi connectivity index (χ3n) is 3.79. The molecule has 0 radical (unpaired) electrons. The largest absolute Gasteiger partial charge is 0.327 e. The van der Waals surface area contributed by atoms with Crippen LogP contribution in [0, 0.1) is 12.8 Å². The molecule has 1 saturated carbocycles. The Morgan fingerprint density at radius 1 is 1.32 bits per heavy atom. The van der Waals surface area contributed by atoms with E-state index in [2.05, 4.69) is 21.2 Å². The molecule has 3 nitrogen and oxygen atoms in total. The van der Waals surface area contributed by atoms with Crippen molar-refractivity contribution in [3.8, 4) is 0 Å². The second-order valence-corrected chi connectivity index (χ2v) is 6.24. The third-order valence-corrected chi connectivity index (χ3v) is 4.44. The first-order valence-electron chi connectivity index (χ1n) is 6.90. The maximum Gasteiger partial charge on any atom is 0.229 e. The number of halogens is 1. The minimum Gasteiger partial charge on any atom is -0.327 e. The van der Waals surface area contributed by atoms with Gasteiger partial charge in [0.15, 0.2) is 0 Å². The molecule has 19 heavy (non-hydrogen) atoms. The van der Waals surface area contributed by atoms with Gasteiger partial charge in [-0.3, -0.25) is 4.79 Å². The summed E-state index contributed by atoms with van der Waals surface area (Å²) < 4.78 is 0.919. The third kappa shape index (κ3) is 3.80. The first-order chi connectivity index (χ1) is 9.08. The highest BCUT2D eigenvalue weighted by atomic mass is 79.9. The van der Waals surface area contributed by atoms with Crippen LogP contribution in [0.2, 0.25) is 0 Å². The summed E-state index contributed by atoms with van der Waals surface area (Å²) in [5.74, 6) is -0.00495. The van der Waals surface area contributed by atoms with Crippen molar-refractivity contribution in [1.82, 2.24) is 0 Å². The maximum atomic E-state index is 12.4. The fraction of sp³-hybridized carbons (Fsp3) is 0.533. The summed E-state index contributed by atoms with van der Waals surface area (Å²) in [5, 5.41) is 3.00. The van der Waals surface area contributed by atoms with Gasteiger partial charge in [0.2, 0.25) is 5.91 Å². The molecule has 1 aromatic rings. The van der Waals surface area contributed by atoms with Crippen LogP contribution in [0.3, 0.4) is 0 Å². The van der Waals surface area contributed by atoms with Gasteiger partial charge < -0.3 is 11.1 Å². The zero-order chi connectivity index (χ0) is 13.8. The summed E-state index contributed by atoms with van der Waals surface area (Å²) in [7, 11) is 0. The van der Waals surface area contributed by atoms with Crippen molar-refractivity contribution < 1.29 is 4.79 Å². The molecule has 1 aliphatic rings. The Bertz CT molecular complexity index is 461. The molecule has 0 heterocycles. The zero-order valence-corrected chi connectivity index (χ0v) is 12.9. The Hall–Kier alpha value is -0.870. The molecule has 2 atom stereocenters. The number of rotatable bonds is 2. The summed E-state index contributed by atoms with van der Waals surface area (Å²) in [6.07, 6.45) is 5.27. The smallest absolute Gasteiger partial charge is 0.229 e. The van der Waals surface area contributed by atoms with Crippen molar-refractivity contribution >= 4 is 27.5 Å². The molecule has 0 aliphatic heterocycles. The van der Waals surface area contributed by atoms with Gasteiger partial charge in [0, 0.05) is 10.5 Å². The lowest BCUT2D eigenvalue weighted by Gasteiger charge is -2.21. The number of amides is 1. The van der Waals surface area contributed by atoms with Crippen LogP contribution in [0.25, 0.3) is 0 Å². The highest BCUT2D eigenvalue weighted by Crippen LogP contribution is 2.27. The molecular weight excluding hydrogens is 304 g/mol. The molecule has 2 rings (SSSR count). The van der Waals surface area contributed by atoms with Gasteiger partial charge in [-0.1, -0.05) is 25.3 Å². The van der Waals surface area contributed by atoms with Crippen LogP contribution in [0.15, 0.2) is 22.7 Å². The molecule has 4 heteroatoms. The van der Waals surface area contributed by atoms with E-state index in [9.17, 15) is 4.79 Å². The van der Waals surface area contributed by atoms with Crippen LogP contribution in [0.5, 0.6) is 0 Å². The molecule has 2 unspecified atom stereocenters. The van der Waals surface area contributed by atoms with Crippen LogP contribution in [0.1, 0.15) is 37.7 Å². The van der Waals surface area contributed by atoms with Crippen molar-refractivity contribution in [3.63, 3.8) is 0 Å². The van der Waals surface area contributed by atoms with Crippen LogP contribution in [0.4, 0.5) is 5.69 Å². The highest BCUT2D eigenvalue weighted by molar-refractivity contribution is 9.10. The van der Waals surface area contributed by atoms with Crippen molar-refractivity contribution in [2.45, 2.75) is 45.1 Å². The summed E-state index contributed by atoms with van der Waals surface area (Å²) in [6, 6.07) is 5.92. The number of aryl methyl sites for hydroxylation is 1. The number of hydrogen-bond acceptors (Lipinski definition) is 2. The second kappa shape index (κ2) is 6.53. The first-order valence-corrected chi connectivity index (χ1v) is 7.70. The monoisotopic (exact) mass is 324 g/mol. The van der Waals surface area contributed by atoms with E-state index in [1.54, 1.807) is 0 Å². The van der Waals surface area contributed by atoms with Crippen LogP contribution < -0.4 is 11.1 Å². The van der Waals surface area contributed by atoms with E-state index in [0.717, 1.165) is 41.4 Å². The molecule has 3 N–H and O–H groups in total. The van der Waals surface area contributed by atoms with Crippen LogP contribution in [-0.4, -0.2) is 11.9 Å². The number of nitrogens with one attached hydrogen (secondary N) is 1. The highest BCUT2D eigenvalue weighted by Gasteiger charge is 2.27. The normalized spacial score (nSPS) is 23.7. The zero-order valence-electron chi connectivity index (χ0n) is 11.3. The number of carbonyl (C=O) groups excluding carboxylic acids is 1. The minimum absolute atomic E-state index is 0.00766. The van der Waals surface area contributed by atoms with E-state index in [4.69, 9.17) is 5.73 Å². The Morgan fingerprint density at radius 3 is 2.79 bits per heavy atom. The van der Waals surface area contributed by atoms with Crippen LogP contribution >= 0.6 is 15.9 Å². The predicted molar refractivity (Wildman–Crippen MR) is 82.1 cm³/mol. The number of anilines is 1. The fourth-order valence-electron chi connectivity index (χ4n) is 2.61. The minimum atomic E-state index is -0.0595. The van der Waals surface area contributed by atoms with Gasteiger partial charge in [-0.05, 0) is 53.4 Å². The van der Waals surface area contributed by atoms with Gasteiger partial charge in [0.05, 0.1) is 11.6 Å². The van der Waals surface area contributed by atoms with Gasteiger partial charge >= 0.3 is 0 Å². The predicted octanol–water partition coefficient (Wildman–Crippen LogP) is 3.60. The number of carbonyl (C=O) groups is 1. The molecule has 0 spiro atoms. The summed E-state index contributed by atoms with van der Waals surface area (Å²) >= 11 is 3.48. The molecule has 0 saturated heterocycles. The Balaban J connectivity index is 2.07. The summed E-state index contributed by atoms with van der Waals surface area (Å²) in [4.78, 5) is 12.4. The van der Waals surface area contributed by atoms with Gasteiger partial charge in [0.25, 0.3) is 0 Å². The number of hydrogen-bond donors (Lipinski definition) is 2. The van der Waals surface area contributed by atoms with Crippen molar-refractivity contribution in [1.29, 1.82) is 0 Å². The average molecular weight is 325 g/mol. The molecule has 1 aromatic carbocycles. The fourth-order valence-corrected chi connectivity index (χ4v) is 3.20. The number of benzene rings is 1. The van der Waals surface area contributed by atoms with Gasteiger partial charge in [-0.25, -0.2) is 0 Å². The van der Waals surface area contributed by atoms with E-state index in [1.807, 2.05) is 25.1 Å². The lowest BCUT2D eigenvalue weighted by atomic mass is 9.94. The summed E-state index contributed by atoms with van der Waals surface area (Å²) in [6.45, 7) is 2.03. The molecule has 1 fully saturated rings. The molecule has 0 bridgehead atoms. The SMILES string of the molecule is Cc1ccc(NC(=O)C2CCCCCC2N)c(Br)c1. The van der Waals surface area contributed by atoms with E-state index >= 15 is 0 Å². The van der Waals surface area contributed by atoms with Crippen molar-refractivity contribution in [3.05, 3.63) is 28.2 Å².